The van der Waals surface area contributed by atoms with Crippen LogP contribution >= 0.6 is 0 Å². The zero-order valence-electron chi connectivity index (χ0n) is 17.5. The summed E-state index contributed by atoms with van der Waals surface area (Å²) < 4.78 is 53.5. The number of halogens is 1. The zero-order chi connectivity index (χ0) is 22.3. The fraction of sp³-hybridized carbons (Fsp3) is 0.318. The third-order valence-electron chi connectivity index (χ3n) is 5.55. The minimum absolute atomic E-state index is 0.0315. The number of rotatable bonds is 4. The second-order valence-electron chi connectivity index (χ2n) is 7.60. The first kappa shape index (κ1) is 21.3. The van der Waals surface area contributed by atoms with Gasteiger partial charge in [0.2, 0.25) is 0 Å². The summed E-state index contributed by atoms with van der Waals surface area (Å²) in [5.41, 5.74) is 2.21. The van der Waals surface area contributed by atoms with Crippen molar-refractivity contribution in [2.45, 2.75) is 25.7 Å². The maximum atomic E-state index is 13.3. The van der Waals surface area contributed by atoms with Crippen molar-refractivity contribution in [2.24, 2.45) is 0 Å². The number of hydrogen-bond acceptors (Lipinski definition) is 5. The number of fused-ring (bicyclic) bond motifs is 1. The second kappa shape index (κ2) is 7.97. The van der Waals surface area contributed by atoms with Gasteiger partial charge in [-0.1, -0.05) is 0 Å². The van der Waals surface area contributed by atoms with Gasteiger partial charge in [-0.05, 0) is 62.2 Å². The van der Waals surface area contributed by atoms with Crippen LogP contribution in [0.4, 0.5) is 10.1 Å². The third-order valence-corrected chi connectivity index (χ3v) is 7.08. The molecule has 164 valence electrons. The number of carbonyl (C=O) groups is 1. The highest BCUT2D eigenvalue weighted by Crippen LogP contribution is 2.36. The standard InChI is InChI=1S/C22H23FN2O5S/c1-13-12-18-15(3)19(22(26)25-8-10-29-11-9-25)30-20(18)21(14(13)2)31(27,28)24-17-6-4-16(23)5-7-17/h4-7,12,24H,8-11H2,1-3H3. The van der Waals surface area contributed by atoms with E-state index in [1.807, 2.05) is 13.0 Å². The van der Waals surface area contributed by atoms with Crippen molar-refractivity contribution in [1.82, 2.24) is 4.90 Å². The topological polar surface area (TPSA) is 88.9 Å². The first-order valence-electron chi connectivity index (χ1n) is 9.88. The van der Waals surface area contributed by atoms with Gasteiger partial charge < -0.3 is 14.1 Å². The Morgan fingerprint density at radius 1 is 1.06 bits per heavy atom. The Hall–Kier alpha value is -2.91. The number of aryl methyl sites for hydroxylation is 2. The SMILES string of the molecule is Cc1cc2c(C)c(C(=O)N3CCOCC3)oc2c(S(=O)(=O)Nc2ccc(F)cc2)c1C. The molecule has 3 aromatic rings. The van der Waals surface area contributed by atoms with Gasteiger partial charge in [-0.2, -0.15) is 0 Å². The van der Waals surface area contributed by atoms with Crippen LogP contribution in [-0.4, -0.2) is 45.5 Å². The van der Waals surface area contributed by atoms with Crippen molar-refractivity contribution in [1.29, 1.82) is 0 Å². The third kappa shape index (κ3) is 3.90. The highest BCUT2D eigenvalue weighted by Gasteiger charge is 2.30. The first-order valence-corrected chi connectivity index (χ1v) is 11.4. The molecule has 2 heterocycles. The number of furan rings is 1. The number of nitrogens with one attached hydrogen (secondary N) is 1. The summed E-state index contributed by atoms with van der Waals surface area (Å²) in [5, 5.41) is 0.569. The molecule has 1 aromatic heterocycles. The summed E-state index contributed by atoms with van der Waals surface area (Å²) in [6.45, 7) is 7.04. The predicted molar refractivity (Wildman–Crippen MR) is 114 cm³/mol. The smallest absolute Gasteiger partial charge is 0.290 e. The van der Waals surface area contributed by atoms with E-state index in [1.54, 1.807) is 18.7 Å². The van der Waals surface area contributed by atoms with Gasteiger partial charge in [0.05, 0.1) is 13.2 Å². The largest absolute Gasteiger partial charge is 0.449 e. The molecule has 7 nitrogen and oxygen atoms in total. The van der Waals surface area contributed by atoms with Gasteiger partial charge in [-0.25, -0.2) is 12.8 Å². The predicted octanol–water partition coefficient (Wildman–Crippen LogP) is 3.77. The first-order chi connectivity index (χ1) is 14.7. The van der Waals surface area contributed by atoms with E-state index in [1.165, 1.54) is 24.3 Å². The van der Waals surface area contributed by atoms with E-state index in [9.17, 15) is 17.6 Å². The fourth-order valence-electron chi connectivity index (χ4n) is 3.70. The number of morpholine rings is 1. The molecule has 0 saturated carbocycles. The summed E-state index contributed by atoms with van der Waals surface area (Å²) in [4.78, 5) is 14.6. The zero-order valence-corrected chi connectivity index (χ0v) is 18.3. The highest BCUT2D eigenvalue weighted by atomic mass is 32.2. The highest BCUT2D eigenvalue weighted by molar-refractivity contribution is 7.93. The van der Waals surface area contributed by atoms with Gasteiger partial charge in [0, 0.05) is 29.7 Å². The maximum absolute atomic E-state index is 13.3. The van der Waals surface area contributed by atoms with E-state index in [0.29, 0.717) is 42.8 Å². The average Bonchev–Trinajstić information content (AvgIpc) is 3.06. The monoisotopic (exact) mass is 446 g/mol. The van der Waals surface area contributed by atoms with Crippen LogP contribution in [0.3, 0.4) is 0 Å². The molecule has 9 heteroatoms. The molecule has 0 radical (unpaired) electrons. The van der Waals surface area contributed by atoms with Crippen LogP contribution in [0, 0.1) is 26.6 Å². The minimum Gasteiger partial charge on any atom is -0.449 e. The van der Waals surface area contributed by atoms with Gasteiger partial charge in [0.25, 0.3) is 15.9 Å². The molecular formula is C22H23FN2O5S. The van der Waals surface area contributed by atoms with E-state index in [-0.39, 0.29) is 27.8 Å². The number of anilines is 1. The molecule has 1 amide bonds. The number of hydrogen-bond donors (Lipinski definition) is 1. The van der Waals surface area contributed by atoms with Crippen LogP contribution < -0.4 is 4.72 Å². The van der Waals surface area contributed by atoms with E-state index in [2.05, 4.69) is 4.72 Å². The van der Waals surface area contributed by atoms with Crippen LogP contribution in [0.15, 0.2) is 39.6 Å². The number of benzene rings is 2. The van der Waals surface area contributed by atoms with Crippen LogP contribution in [0.5, 0.6) is 0 Å². The number of sulfonamides is 1. The van der Waals surface area contributed by atoms with Crippen LogP contribution in [0.2, 0.25) is 0 Å². The molecule has 1 N–H and O–H groups in total. The Morgan fingerprint density at radius 2 is 1.71 bits per heavy atom. The summed E-state index contributed by atoms with van der Waals surface area (Å²) in [6, 6.07) is 6.86. The normalized spacial score (nSPS) is 14.8. The van der Waals surface area contributed by atoms with Crippen molar-refractivity contribution in [2.75, 3.05) is 31.0 Å². The number of carbonyl (C=O) groups excluding carboxylic acids is 1. The molecule has 31 heavy (non-hydrogen) atoms. The van der Waals surface area contributed by atoms with Crippen LogP contribution in [0.25, 0.3) is 11.0 Å². The van der Waals surface area contributed by atoms with E-state index in [4.69, 9.17) is 9.15 Å². The van der Waals surface area contributed by atoms with Crippen molar-refractivity contribution in [3.05, 3.63) is 58.6 Å². The molecule has 0 unspecified atom stereocenters. The average molecular weight is 447 g/mol. The molecule has 0 bridgehead atoms. The lowest BCUT2D eigenvalue weighted by molar-refractivity contribution is 0.0283. The molecule has 4 rings (SSSR count). The lowest BCUT2D eigenvalue weighted by Gasteiger charge is -2.26. The lowest BCUT2D eigenvalue weighted by atomic mass is 10.0. The Morgan fingerprint density at radius 3 is 2.35 bits per heavy atom. The van der Waals surface area contributed by atoms with Crippen molar-refractivity contribution < 1.29 is 26.8 Å². The summed E-state index contributed by atoms with van der Waals surface area (Å²) in [5.74, 6) is -0.632. The minimum atomic E-state index is -4.07. The van der Waals surface area contributed by atoms with Gasteiger partial charge >= 0.3 is 0 Å². The second-order valence-corrected chi connectivity index (χ2v) is 9.22. The number of amides is 1. The van der Waals surface area contributed by atoms with Crippen LogP contribution in [0.1, 0.15) is 27.2 Å². The molecule has 0 atom stereocenters. The van der Waals surface area contributed by atoms with E-state index < -0.39 is 15.8 Å². The van der Waals surface area contributed by atoms with Gasteiger partial charge in [-0.3, -0.25) is 9.52 Å². The summed E-state index contributed by atoms with van der Waals surface area (Å²) in [7, 11) is -4.07. The maximum Gasteiger partial charge on any atom is 0.290 e. The molecule has 1 fully saturated rings. The molecule has 2 aromatic carbocycles. The van der Waals surface area contributed by atoms with E-state index in [0.717, 1.165) is 5.56 Å². The molecule has 0 spiro atoms. The summed E-state index contributed by atoms with van der Waals surface area (Å²) in [6.07, 6.45) is 0. The Bertz CT molecular complexity index is 1260. The Labute approximate surface area is 179 Å². The van der Waals surface area contributed by atoms with Gasteiger partial charge in [0.1, 0.15) is 10.7 Å². The van der Waals surface area contributed by atoms with Crippen molar-refractivity contribution >= 4 is 32.6 Å². The Kier molecular flexibility index (Phi) is 5.49. The van der Waals surface area contributed by atoms with Crippen molar-refractivity contribution in [3.8, 4) is 0 Å². The Balaban J connectivity index is 1.83. The molecule has 1 aliphatic rings. The van der Waals surface area contributed by atoms with Crippen LogP contribution in [-0.2, 0) is 14.8 Å². The number of nitrogens with zero attached hydrogens (tertiary/aromatic N) is 1. The number of ether oxygens (including phenoxy) is 1. The van der Waals surface area contributed by atoms with Gasteiger partial charge in [-0.15, -0.1) is 0 Å². The fourth-order valence-corrected chi connectivity index (χ4v) is 5.21. The quantitative estimate of drug-likeness (QED) is 0.659. The van der Waals surface area contributed by atoms with Gasteiger partial charge in [0.15, 0.2) is 11.3 Å². The van der Waals surface area contributed by atoms with Crippen molar-refractivity contribution in [3.63, 3.8) is 0 Å². The summed E-state index contributed by atoms with van der Waals surface area (Å²) >= 11 is 0. The molecular weight excluding hydrogens is 423 g/mol. The lowest BCUT2D eigenvalue weighted by Crippen LogP contribution is -2.40. The molecule has 0 aliphatic carbocycles. The van der Waals surface area contributed by atoms with E-state index >= 15 is 0 Å². The molecule has 1 aliphatic heterocycles. The molecule has 1 saturated heterocycles.